The predicted octanol–water partition coefficient (Wildman–Crippen LogP) is 6.83. The summed E-state index contributed by atoms with van der Waals surface area (Å²) in [5.41, 5.74) is 1.00. The molecule has 0 aliphatic carbocycles. The summed E-state index contributed by atoms with van der Waals surface area (Å²) >= 11 is 8.31. The van der Waals surface area contributed by atoms with Gasteiger partial charge in [-0.3, -0.25) is 9.69 Å². The number of hydrogen-bond donors (Lipinski definition) is 0. The lowest BCUT2D eigenvalue weighted by molar-refractivity contribution is -0.187. The Morgan fingerprint density at radius 3 is 2.29 bits per heavy atom. The van der Waals surface area contributed by atoms with Gasteiger partial charge in [0.1, 0.15) is 23.1 Å². The Labute approximate surface area is 308 Å². The third-order valence-corrected chi connectivity index (χ3v) is 9.52. The number of carbonyl (C=O) groups is 3. The number of amides is 2. The molecule has 280 valence electrons. The Balaban J connectivity index is 1.64. The van der Waals surface area contributed by atoms with E-state index >= 15 is 0 Å². The van der Waals surface area contributed by atoms with Gasteiger partial charge in [-0.2, -0.15) is 23.0 Å². The molecule has 2 aromatic heterocycles. The number of fused-ring (bicyclic) bond motifs is 2. The molecule has 0 bridgehead atoms. The zero-order valence-electron chi connectivity index (χ0n) is 30.1. The van der Waals surface area contributed by atoms with Gasteiger partial charge in [0.15, 0.2) is 5.16 Å². The van der Waals surface area contributed by atoms with Crippen molar-refractivity contribution in [3.05, 3.63) is 51.1 Å². The Kier molecular flexibility index (Phi) is 10.7. The van der Waals surface area contributed by atoms with Crippen LogP contribution in [0.5, 0.6) is 0 Å². The van der Waals surface area contributed by atoms with Crippen molar-refractivity contribution in [3.8, 4) is 0 Å². The van der Waals surface area contributed by atoms with Crippen LogP contribution < -0.4 is 4.90 Å². The van der Waals surface area contributed by atoms with Crippen LogP contribution in [0, 0.1) is 13.5 Å². The lowest BCUT2D eigenvalue weighted by Gasteiger charge is -2.42. The topological polar surface area (TPSA) is 127 Å². The number of benzene rings is 1. The fourth-order valence-electron chi connectivity index (χ4n) is 6.34. The number of aryl methyl sites for hydroxylation is 1. The van der Waals surface area contributed by atoms with Gasteiger partial charge >= 0.3 is 24.3 Å². The smallest absolute Gasteiger partial charge is 0.444 e. The SMILES string of the molecule is [C-]#[N+]C[C@H]1CN(c2nc(SC)nc3c2CN(C(=O)OC(C)(C)C)C(c2c(Cl)c(C)cc4c2cnn4C(=O)OC(C)(C)C)C3)CCN1C(=O)C(F)(F)F. The number of rotatable bonds is 4. The van der Waals surface area contributed by atoms with E-state index in [9.17, 15) is 27.6 Å². The largest absolute Gasteiger partial charge is 0.471 e. The second-order valence-electron chi connectivity index (χ2n) is 14.6. The predicted molar refractivity (Wildman–Crippen MR) is 188 cm³/mol. The highest BCUT2D eigenvalue weighted by atomic mass is 35.5. The lowest BCUT2D eigenvalue weighted by Crippen LogP contribution is -2.59. The van der Waals surface area contributed by atoms with E-state index in [-0.39, 0.29) is 39.1 Å². The van der Waals surface area contributed by atoms with Gasteiger partial charge in [-0.25, -0.2) is 26.1 Å². The van der Waals surface area contributed by atoms with Crippen molar-refractivity contribution in [2.24, 2.45) is 0 Å². The quantitative estimate of drug-likeness (QED) is 0.159. The molecule has 0 spiro atoms. The molecule has 0 N–H and O–H groups in total. The maximum absolute atomic E-state index is 14.1. The number of nitrogens with zero attached hydrogens (tertiary/aromatic N) is 8. The van der Waals surface area contributed by atoms with Crippen LogP contribution in [0.2, 0.25) is 5.02 Å². The highest BCUT2D eigenvalue weighted by Gasteiger charge is 2.48. The number of aromatic nitrogens is 4. The molecule has 4 heterocycles. The van der Waals surface area contributed by atoms with Gasteiger partial charge in [0.05, 0.1) is 30.0 Å². The van der Waals surface area contributed by atoms with Crippen LogP contribution in [0.15, 0.2) is 17.4 Å². The summed E-state index contributed by atoms with van der Waals surface area (Å²) in [5, 5.41) is 5.59. The third-order valence-electron chi connectivity index (χ3n) is 8.47. The Morgan fingerprint density at radius 1 is 1.04 bits per heavy atom. The Morgan fingerprint density at radius 2 is 1.69 bits per heavy atom. The highest BCUT2D eigenvalue weighted by molar-refractivity contribution is 7.98. The van der Waals surface area contributed by atoms with E-state index in [4.69, 9.17) is 37.6 Å². The first-order valence-corrected chi connectivity index (χ1v) is 18.0. The number of thioether (sulfide) groups is 1. The van der Waals surface area contributed by atoms with E-state index in [1.807, 2.05) is 0 Å². The lowest BCUT2D eigenvalue weighted by atomic mass is 9.90. The summed E-state index contributed by atoms with van der Waals surface area (Å²) in [5.74, 6) is -1.61. The fourth-order valence-corrected chi connectivity index (χ4v) is 7.00. The fraction of sp³-hybridized carbons (Fsp3) is 0.559. The van der Waals surface area contributed by atoms with Gasteiger partial charge in [-0.05, 0) is 66.4 Å². The molecule has 13 nitrogen and oxygen atoms in total. The zero-order chi connectivity index (χ0) is 38.5. The highest BCUT2D eigenvalue weighted by Crippen LogP contribution is 2.44. The number of ether oxygens (including phenoxy) is 2. The molecular formula is C34H40ClF3N8O5S. The Hall–Kier alpha value is -4.30. The summed E-state index contributed by atoms with van der Waals surface area (Å²) in [6, 6.07) is -0.0911. The van der Waals surface area contributed by atoms with Crippen molar-refractivity contribution in [2.75, 3.05) is 37.3 Å². The van der Waals surface area contributed by atoms with Crippen LogP contribution in [0.3, 0.4) is 0 Å². The molecule has 2 atom stereocenters. The molecule has 1 aromatic carbocycles. The normalized spacial score (nSPS) is 18.2. The molecule has 52 heavy (non-hydrogen) atoms. The van der Waals surface area contributed by atoms with Gasteiger partial charge in [-0.15, -0.1) is 0 Å². The molecule has 5 rings (SSSR count). The standard InChI is InChI=1S/C34H40ClF3N8O5S/c1-18-12-23-20(15-40-46(23)31(49)51-33(5,6)7)25(26(18)35)24-13-22-21(17-45(24)30(48)50-32(2,3)4)27(42-29(41-22)52-9)43-10-11-44(19(16-43)14-39-8)28(47)34(36,37)38/h12,15,19,24H,10-11,13-14,16-17H2,1-7,9H3/t19-,24?/m0/s1. The minimum absolute atomic E-state index is 0.00234. The van der Waals surface area contributed by atoms with Gasteiger partial charge in [0, 0.05) is 47.6 Å². The molecule has 0 radical (unpaired) electrons. The zero-order valence-corrected chi connectivity index (χ0v) is 31.7. The van der Waals surface area contributed by atoms with Crippen LogP contribution >= 0.6 is 23.4 Å². The summed E-state index contributed by atoms with van der Waals surface area (Å²) in [7, 11) is 0. The van der Waals surface area contributed by atoms with E-state index in [0.717, 1.165) is 4.68 Å². The first-order chi connectivity index (χ1) is 24.1. The Bertz CT molecular complexity index is 1950. The maximum Gasteiger partial charge on any atom is 0.471 e. The first kappa shape index (κ1) is 38.9. The van der Waals surface area contributed by atoms with Crippen LogP contribution in [0.25, 0.3) is 15.7 Å². The summed E-state index contributed by atoms with van der Waals surface area (Å²) < 4.78 is 53.0. The van der Waals surface area contributed by atoms with Crippen molar-refractivity contribution < 1.29 is 37.0 Å². The summed E-state index contributed by atoms with van der Waals surface area (Å²) in [6.07, 6.45) is -3.03. The maximum atomic E-state index is 14.1. The van der Waals surface area contributed by atoms with E-state index in [0.29, 0.717) is 54.2 Å². The number of halogens is 4. The van der Waals surface area contributed by atoms with Crippen LogP contribution in [0.4, 0.5) is 28.6 Å². The minimum Gasteiger partial charge on any atom is -0.444 e. The van der Waals surface area contributed by atoms with Crippen molar-refractivity contribution in [2.45, 2.75) is 96.1 Å². The molecule has 1 saturated heterocycles. The van der Waals surface area contributed by atoms with Gasteiger partial charge in [-0.1, -0.05) is 23.4 Å². The molecule has 1 fully saturated rings. The monoisotopic (exact) mass is 764 g/mol. The molecule has 2 aliphatic heterocycles. The number of piperazine rings is 1. The van der Waals surface area contributed by atoms with Gasteiger partial charge < -0.3 is 24.1 Å². The summed E-state index contributed by atoms with van der Waals surface area (Å²) in [6.45, 7) is 18.8. The van der Waals surface area contributed by atoms with Crippen molar-refractivity contribution in [3.63, 3.8) is 0 Å². The molecule has 18 heteroatoms. The average Bonchev–Trinajstić information content (AvgIpc) is 3.45. The number of alkyl halides is 3. The van der Waals surface area contributed by atoms with Crippen LogP contribution in [-0.2, 0) is 27.2 Å². The molecule has 0 saturated carbocycles. The second kappa shape index (κ2) is 14.3. The number of carbonyl (C=O) groups excluding carboxylic acids is 3. The molecule has 3 aromatic rings. The van der Waals surface area contributed by atoms with Gasteiger partial charge in [0.2, 0.25) is 6.54 Å². The average molecular weight is 765 g/mol. The van der Waals surface area contributed by atoms with Gasteiger partial charge in [0.25, 0.3) is 0 Å². The van der Waals surface area contributed by atoms with Crippen molar-refractivity contribution in [1.82, 2.24) is 29.5 Å². The van der Waals surface area contributed by atoms with Crippen LogP contribution in [0.1, 0.15) is 70.0 Å². The van der Waals surface area contributed by atoms with Crippen molar-refractivity contribution >= 4 is 58.2 Å². The van der Waals surface area contributed by atoms with E-state index < -0.39 is 47.6 Å². The van der Waals surface area contributed by atoms with E-state index in [2.05, 4.69) is 9.94 Å². The second-order valence-corrected chi connectivity index (χ2v) is 15.8. The molecule has 1 unspecified atom stereocenters. The number of hydrogen-bond acceptors (Lipinski definition) is 10. The molecule has 2 aliphatic rings. The third kappa shape index (κ3) is 8.02. The van der Waals surface area contributed by atoms with Crippen molar-refractivity contribution in [1.29, 1.82) is 0 Å². The van der Waals surface area contributed by atoms with E-state index in [1.54, 1.807) is 65.7 Å². The first-order valence-electron chi connectivity index (χ1n) is 16.4. The minimum atomic E-state index is -5.09. The molecular weight excluding hydrogens is 725 g/mol. The molecule has 2 amide bonds. The number of anilines is 1. The van der Waals surface area contributed by atoms with E-state index in [1.165, 1.54) is 22.9 Å². The summed E-state index contributed by atoms with van der Waals surface area (Å²) in [4.78, 5) is 56.4. The van der Waals surface area contributed by atoms with Crippen LogP contribution in [-0.4, -0.2) is 103 Å².